The van der Waals surface area contributed by atoms with Crippen LogP contribution in [0.15, 0.2) is 24.3 Å². The highest BCUT2D eigenvalue weighted by molar-refractivity contribution is 5.68. The minimum absolute atomic E-state index is 0.0605. The Morgan fingerprint density at radius 2 is 2.11 bits per heavy atom. The molecular formula is C12H16N2O4. The molecule has 3 N–H and O–H groups in total. The minimum atomic E-state index is -0.710. The van der Waals surface area contributed by atoms with Crippen molar-refractivity contribution >= 4 is 12.4 Å². The number of carbonyl (C=O) groups is 2. The Labute approximate surface area is 105 Å². The van der Waals surface area contributed by atoms with Gasteiger partial charge in [-0.25, -0.2) is 4.79 Å². The summed E-state index contributed by atoms with van der Waals surface area (Å²) in [6.45, 7) is 0.205. The standard InChI is InChI=1S/C12H16N2O4/c1-17-11-4-2-9(3-5-11)8-18-12(16)14-6-10(13)7-15/h2-5,7,10H,6,8,13H2,1H3,(H,14,16). The van der Waals surface area contributed by atoms with Gasteiger partial charge in [0, 0.05) is 6.54 Å². The van der Waals surface area contributed by atoms with E-state index in [9.17, 15) is 9.59 Å². The lowest BCUT2D eigenvalue weighted by Gasteiger charge is -2.08. The van der Waals surface area contributed by atoms with E-state index >= 15 is 0 Å². The van der Waals surface area contributed by atoms with E-state index in [1.807, 2.05) is 0 Å². The average molecular weight is 252 g/mol. The number of ether oxygens (including phenoxy) is 2. The molecule has 1 aromatic carbocycles. The number of nitrogens with two attached hydrogens (primary N) is 1. The van der Waals surface area contributed by atoms with Crippen LogP contribution in [-0.2, 0) is 16.1 Å². The Morgan fingerprint density at radius 1 is 1.44 bits per heavy atom. The highest BCUT2D eigenvalue weighted by Gasteiger charge is 2.05. The summed E-state index contributed by atoms with van der Waals surface area (Å²) < 4.78 is 9.94. The summed E-state index contributed by atoms with van der Waals surface area (Å²) in [5.74, 6) is 0.736. The van der Waals surface area contributed by atoms with E-state index in [1.54, 1.807) is 31.4 Å². The average Bonchev–Trinajstić information content (AvgIpc) is 2.42. The summed E-state index contributed by atoms with van der Waals surface area (Å²) in [6, 6.07) is 6.43. The summed E-state index contributed by atoms with van der Waals surface area (Å²) >= 11 is 0. The summed E-state index contributed by atoms with van der Waals surface area (Å²) in [5, 5.41) is 2.38. The Bertz CT molecular complexity index is 392. The van der Waals surface area contributed by atoms with Crippen molar-refractivity contribution in [3.8, 4) is 5.75 Å². The highest BCUT2D eigenvalue weighted by Crippen LogP contribution is 2.11. The molecule has 0 spiro atoms. The SMILES string of the molecule is COc1ccc(COC(=O)NCC(N)C=O)cc1. The molecule has 0 aliphatic heterocycles. The number of benzene rings is 1. The number of carbonyl (C=O) groups excluding carboxylic acids is 2. The second kappa shape index (κ2) is 7.29. The number of rotatable bonds is 6. The molecule has 0 aliphatic carbocycles. The quantitative estimate of drug-likeness (QED) is 0.717. The molecule has 1 rings (SSSR count). The lowest BCUT2D eigenvalue weighted by Crippen LogP contribution is -2.38. The maximum absolute atomic E-state index is 11.2. The third-order valence-electron chi connectivity index (χ3n) is 2.19. The molecular weight excluding hydrogens is 236 g/mol. The monoisotopic (exact) mass is 252 g/mol. The van der Waals surface area contributed by atoms with Gasteiger partial charge in [0.05, 0.1) is 13.2 Å². The van der Waals surface area contributed by atoms with Crippen LogP contribution in [0, 0.1) is 0 Å². The van der Waals surface area contributed by atoms with Gasteiger partial charge in [-0.05, 0) is 17.7 Å². The lowest BCUT2D eigenvalue weighted by molar-refractivity contribution is -0.108. The van der Waals surface area contributed by atoms with Gasteiger partial charge in [0.1, 0.15) is 18.6 Å². The second-order valence-electron chi connectivity index (χ2n) is 3.61. The van der Waals surface area contributed by atoms with Crippen LogP contribution in [0.5, 0.6) is 5.75 Å². The van der Waals surface area contributed by atoms with Gasteiger partial charge in [0.15, 0.2) is 0 Å². The second-order valence-corrected chi connectivity index (χ2v) is 3.61. The number of nitrogens with one attached hydrogen (secondary N) is 1. The zero-order chi connectivity index (χ0) is 13.4. The molecule has 1 aromatic rings. The number of methoxy groups -OCH3 is 1. The van der Waals surface area contributed by atoms with Gasteiger partial charge in [-0.1, -0.05) is 12.1 Å². The lowest BCUT2D eigenvalue weighted by atomic mass is 10.2. The number of alkyl carbamates (subject to hydrolysis) is 1. The zero-order valence-corrected chi connectivity index (χ0v) is 10.1. The van der Waals surface area contributed by atoms with Crippen LogP contribution >= 0.6 is 0 Å². The zero-order valence-electron chi connectivity index (χ0n) is 10.1. The number of hydrogen-bond donors (Lipinski definition) is 2. The van der Waals surface area contributed by atoms with E-state index in [2.05, 4.69) is 5.32 Å². The fourth-order valence-corrected chi connectivity index (χ4v) is 1.17. The minimum Gasteiger partial charge on any atom is -0.497 e. The Balaban J connectivity index is 2.31. The van der Waals surface area contributed by atoms with Gasteiger partial charge in [0.2, 0.25) is 0 Å². The summed E-state index contributed by atoms with van der Waals surface area (Å²) in [7, 11) is 1.58. The van der Waals surface area contributed by atoms with Crippen molar-refractivity contribution in [3.63, 3.8) is 0 Å². The smallest absolute Gasteiger partial charge is 0.407 e. The molecule has 1 unspecified atom stereocenters. The van der Waals surface area contributed by atoms with Crippen LogP contribution in [-0.4, -0.2) is 32.1 Å². The first kappa shape index (κ1) is 14.0. The van der Waals surface area contributed by atoms with Gasteiger partial charge in [-0.2, -0.15) is 0 Å². The Kier molecular flexibility index (Phi) is 5.66. The number of amides is 1. The van der Waals surface area contributed by atoms with E-state index in [-0.39, 0.29) is 13.2 Å². The van der Waals surface area contributed by atoms with Gasteiger partial charge in [-0.15, -0.1) is 0 Å². The molecule has 6 heteroatoms. The van der Waals surface area contributed by atoms with Crippen LogP contribution in [0.1, 0.15) is 5.56 Å². The van der Waals surface area contributed by atoms with Crippen LogP contribution in [0.3, 0.4) is 0 Å². The van der Waals surface area contributed by atoms with E-state index < -0.39 is 12.1 Å². The van der Waals surface area contributed by atoms with Crippen molar-refractivity contribution < 1.29 is 19.1 Å². The molecule has 0 radical (unpaired) electrons. The first-order chi connectivity index (χ1) is 8.65. The van der Waals surface area contributed by atoms with Crippen molar-refractivity contribution in [1.82, 2.24) is 5.32 Å². The van der Waals surface area contributed by atoms with Crippen molar-refractivity contribution in [3.05, 3.63) is 29.8 Å². The first-order valence-electron chi connectivity index (χ1n) is 5.40. The Hall–Kier alpha value is -2.08. The molecule has 6 nitrogen and oxygen atoms in total. The Morgan fingerprint density at radius 3 is 2.67 bits per heavy atom. The van der Waals surface area contributed by atoms with Crippen LogP contribution in [0.2, 0.25) is 0 Å². The summed E-state index contributed by atoms with van der Waals surface area (Å²) in [4.78, 5) is 21.5. The maximum Gasteiger partial charge on any atom is 0.407 e. The maximum atomic E-state index is 11.2. The van der Waals surface area contributed by atoms with Crippen molar-refractivity contribution in [2.24, 2.45) is 5.73 Å². The molecule has 1 atom stereocenters. The molecule has 0 saturated carbocycles. The molecule has 0 saturated heterocycles. The first-order valence-corrected chi connectivity index (χ1v) is 5.40. The predicted molar refractivity (Wildman–Crippen MR) is 65.2 cm³/mol. The van der Waals surface area contributed by atoms with Gasteiger partial charge in [-0.3, -0.25) is 0 Å². The molecule has 0 fully saturated rings. The molecule has 98 valence electrons. The molecule has 0 heterocycles. The van der Waals surface area contributed by atoms with Crippen LogP contribution in [0.4, 0.5) is 4.79 Å². The number of aldehydes is 1. The largest absolute Gasteiger partial charge is 0.497 e. The molecule has 18 heavy (non-hydrogen) atoms. The molecule has 1 amide bonds. The fourth-order valence-electron chi connectivity index (χ4n) is 1.17. The number of hydrogen-bond acceptors (Lipinski definition) is 5. The fraction of sp³-hybridized carbons (Fsp3) is 0.333. The van der Waals surface area contributed by atoms with Crippen molar-refractivity contribution in [2.45, 2.75) is 12.6 Å². The van der Waals surface area contributed by atoms with Crippen molar-refractivity contribution in [1.29, 1.82) is 0 Å². The molecule has 0 aliphatic rings. The van der Waals surface area contributed by atoms with E-state index in [0.29, 0.717) is 6.29 Å². The van der Waals surface area contributed by atoms with Crippen LogP contribution in [0.25, 0.3) is 0 Å². The predicted octanol–water partition coefficient (Wildman–Crippen LogP) is 0.448. The van der Waals surface area contributed by atoms with Gasteiger partial charge in [0.25, 0.3) is 0 Å². The molecule has 0 bridgehead atoms. The third kappa shape index (κ3) is 4.84. The van der Waals surface area contributed by atoms with Crippen molar-refractivity contribution in [2.75, 3.05) is 13.7 Å². The third-order valence-corrected chi connectivity index (χ3v) is 2.19. The summed E-state index contributed by atoms with van der Waals surface area (Å²) in [5.41, 5.74) is 6.15. The van der Waals surface area contributed by atoms with E-state index in [0.717, 1.165) is 11.3 Å². The van der Waals surface area contributed by atoms with E-state index in [4.69, 9.17) is 15.2 Å². The van der Waals surface area contributed by atoms with Gasteiger partial charge >= 0.3 is 6.09 Å². The summed E-state index contributed by atoms with van der Waals surface area (Å²) in [6.07, 6.45) is -0.0489. The van der Waals surface area contributed by atoms with E-state index in [1.165, 1.54) is 0 Å². The highest BCUT2D eigenvalue weighted by atomic mass is 16.5. The van der Waals surface area contributed by atoms with Gasteiger partial charge < -0.3 is 25.3 Å². The topological polar surface area (TPSA) is 90.7 Å². The molecule has 0 aromatic heterocycles. The normalized spacial score (nSPS) is 11.4. The van der Waals surface area contributed by atoms with Crippen LogP contribution < -0.4 is 15.8 Å².